The molecular formula is C24H26F3NO3. The van der Waals surface area contributed by atoms with E-state index in [9.17, 15) is 9.18 Å². The average Bonchev–Trinajstić information content (AvgIpc) is 2.99. The highest BCUT2D eigenvalue weighted by Gasteiger charge is 2.52. The number of alkyl halides is 2. The minimum Gasteiger partial charge on any atom is -0.493 e. The monoisotopic (exact) mass is 433 g/mol. The van der Waals surface area contributed by atoms with E-state index in [1.807, 2.05) is 0 Å². The summed E-state index contributed by atoms with van der Waals surface area (Å²) >= 11 is 0. The van der Waals surface area contributed by atoms with Crippen molar-refractivity contribution in [2.45, 2.75) is 43.6 Å². The number of hydrogen-bond acceptors (Lipinski definition) is 4. The number of carbonyl (C=O) groups excluding carboxylic acids is 1. The largest absolute Gasteiger partial charge is 0.493 e. The predicted molar refractivity (Wildman–Crippen MR) is 111 cm³/mol. The molecule has 1 heterocycles. The van der Waals surface area contributed by atoms with Gasteiger partial charge >= 0.3 is 0 Å². The number of halogens is 3. The van der Waals surface area contributed by atoms with Crippen molar-refractivity contribution in [3.05, 3.63) is 58.9 Å². The fraction of sp³-hybridized carbons (Fsp3) is 0.458. The van der Waals surface area contributed by atoms with Gasteiger partial charge in [0, 0.05) is 38.0 Å². The summed E-state index contributed by atoms with van der Waals surface area (Å²) in [5.41, 5.74) is -2.33. The molecule has 0 N–H and O–H groups in total. The number of hydrogen-bond donors (Lipinski definition) is 0. The maximum atomic E-state index is 15.8. The van der Waals surface area contributed by atoms with Crippen molar-refractivity contribution in [2.75, 3.05) is 27.3 Å². The Morgan fingerprint density at radius 3 is 2.23 bits per heavy atom. The molecule has 0 saturated carbocycles. The third kappa shape index (κ3) is 4.28. The maximum Gasteiger partial charge on any atom is 0.200 e. The molecule has 1 aliphatic carbocycles. The van der Waals surface area contributed by atoms with Gasteiger partial charge in [-0.15, -0.1) is 0 Å². The zero-order valence-corrected chi connectivity index (χ0v) is 17.7. The van der Waals surface area contributed by atoms with Gasteiger partial charge in [0.25, 0.3) is 0 Å². The highest BCUT2D eigenvalue weighted by atomic mass is 19.2. The number of ether oxygens (including phenoxy) is 2. The Balaban J connectivity index is 1.42. The van der Waals surface area contributed by atoms with Crippen LogP contribution in [0.2, 0.25) is 0 Å². The van der Waals surface area contributed by atoms with Gasteiger partial charge in [-0.1, -0.05) is 12.1 Å². The smallest absolute Gasteiger partial charge is 0.200 e. The van der Waals surface area contributed by atoms with E-state index in [4.69, 9.17) is 9.47 Å². The Kier molecular flexibility index (Phi) is 5.73. The van der Waals surface area contributed by atoms with E-state index >= 15 is 8.78 Å². The number of piperidine rings is 1. The second-order valence-electron chi connectivity index (χ2n) is 8.57. The third-order valence-electron chi connectivity index (χ3n) is 6.40. The Morgan fingerprint density at radius 2 is 1.61 bits per heavy atom. The molecule has 2 aliphatic rings. The first kappa shape index (κ1) is 21.7. The van der Waals surface area contributed by atoms with Crippen LogP contribution >= 0.6 is 0 Å². The first-order valence-electron chi connectivity index (χ1n) is 10.4. The quantitative estimate of drug-likeness (QED) is 0.663. The minimum absolute atomic E-state index is 0.149. The molecule has 1 aliphatic heterocycles. The number of nitrogens with zero attached hydrogens (tertiary/aromatic N) is 1. The van der Waals surface area contributed by atoms with E-state index in [0.717, 1.165) is 5.56 Å². The molecule has 0 aromatic heterocycles. The molecule has 0 bridgehead atoms. The Labute approximate surface area is 180 Å². The standard InChI is InChI=1S/C24H26F3NO3/c1-30-20-11-17-13-24(27,22(29)19(17)12-21(20)31-2)15-23(26)7-9-28(10-8-23)14-16-3-5-18(25)6-4-16/h3-6,11-12H,7-10,13-15H2,1-2H3. The summed E-state index contributed by atoms with van der Waals surface area (Å²) in [4.78, 5) is 14.9. The van der Waals surface area contributed by atoms with E-state index in [2.05, 4.69) is 4.90 Å². The molecule has 31 heavy (non-hydrogen) atoms. The van der Waals surface area contributed by atoms with Gasteiger partial charge in [-0.25, -0.2) is 13.2 Å². The molecule has 2 aromatic rings. The van der Waals surface area contributed by atoms with Crippen LogP contribution in [-0.2, 0) is 13.0 Å². The zero-order chi connectivity index (χ0) is 22.2. The molecule has 1 fully saturated rings. The van der Waals surface area contributed by atoms with E-state index in [-0.39, 0.29) is 30.6 Å². The molecule has 4 rings (SSSR count). The molecule has 1 atom stereocenters. The number of rotatable bonds is 6. The van der Waals surface area contributed by atoms with Crippen molar-refractivity contribution in [3.8, 4) is 11.5 Å². The number of Topliss-reactive ketones (excluding diaryl/α,β-unsaturated/α-hetero) is 1. The summed E-state index contributed by atoms with van der Waals surface area (Å²) in [6, 6.07) is 9.30. The molecule has 0 spiro atoms. The van der Waals surface area contributed by atoms with E-state index in [0.29, 0.717) is 36.7 Å². The lowest BCUT2D eigenvalue weighted by atomic mass is 9.81. The first-order chi connectivity index (χ1) is 14.7. The Morgan fingerprint density at radius 1 is 1.00 bits per heavy atom. The van der Waals surface area contributed by atoms with Gasteiger partial charge in [-0.05, 0) is 48.2 Å². The second kappa shape index (κ2) is 8.19. The molecule has 1 saturated heterocycles. The van der Waals surface area contributed by atoms with Crippen LogP contribution in [-0.4, -0.2) is 49.3 Å². The number of methoxy groups -OCH3 is 2. The fourth-order valence-corrected chi connectivity index (χ4v) is 4.68. The Hall–Kier alpha value is -2.54. The number of likely N-dealkylation sites (tertiary alicyclic amines) is 1. The van der Waals surface area contributed by atoms with Crippen molar-refractivity contribution in [1.29, 1.82) is 0 Å². The van der Waals surface area contributed by atoms with Gasteiger partial charge in [0.1, 0.15) is 11.5 Å². The van der Waals surface area contributed by atoms with Crippen LogP contribution in [0.1, 0.15) is 40.7 Å². The predicted octanol–water partition coefficient (Wildman–Crippen LogP) is 4.68. The summed E-state index contributed by atoms with van der Waals surface area (Å²) in [7, 11) is 2.92. The fourth-order valence-electron chi connectivity index (χ4n) is 4.68. The molecule has 4 nitrogen and oxygen atoms in total. The summed E-state index contributed by atoms with van der Waals surface area (Å²) in [5, 5.41) is 0. The molecule has 0 radical (unpaired) electrons. The topological polar surface area (TPSA) is 38.8 Å². The minimum atomic E-state index is -2.27. The molecule has 0 amide bonds. The molecular weight excluding hydrogens is 407 g/mol. The van der Waals surface area contributed by atoms with Crippen LogP contribution in [0.25, 0.3) is 0 Å². The van der Waals surface area contributed by atoms with Gasteiger partial charge in [0.05, 0.1) is 14.2 Å². The zero-order valence-electron chi connectivity index (χ0n) is 17.7. The van der Waals surface area contributed by atoms with Gasteiger partial charge in [0.2, 0.25) is 5.78 Å². The second-order valence-corrected chi connectivity index (χ2v) is 8.57. The van der Waals surface area contributed by atoms with Gasteiger partial charge < -0.3 is 9.47 Å². The van der Waals surface area contributed by atoms with E-state index in [1.54, 1.807) is 18.2 Å². The summed E-state index contributed by atoms with van der Waals surface area (Å²) < 4.78 is 54.9. The van der Waals surface area contributed by atoms with E-state index in [1.165, 1.54) is 32.4 Å². The number of fused-ring (bicyclic) bond motifs is 1. The highest BCUT2D eigenvalue weighted by molar-refractivity contribution is 6.07. The molecule has 1 unspecified atom stereocenters. The summed E-state index contributed by atoms with van der Waals surface area (Å²) in [5.74, 6) is -0.213. The maximum absolute atomic E-state index is 15.8. The summed E-state index contributed by atoms with van der Waals surface area (Å²) in [6.07, 6.45) is -0.318. The third-order valence-corrected chi connectivity index (χ3v) is 6.40. The highest BCUT2D eigenvalue weighted by Crippen LogP contribution is 2.45. The molecule has 7 heteroatoms. The van der Waals surface area contributed by atoms with Gasteiger partial charge in [0.15, 0.2) is 17.2 Å². The van der Waals surface area contributed by atoms with Crippen molar-refractivity contribution >= 4 is 5.78 Å². The van der Waals surface area contributed by atoms with Gasteiger partial charge in [-0.3, -0.25) is 9.69 Å². The van der Waals surface area contributed by atoms with Crippen LogP contribution in [0.5, 0.6) is 11.5 Å². The number of ketones is 1. The average molecular weight is 433 g/mol. The van der Waals surface area contributed by atoms with E-state index < -0.39 is 23.5 Å². The van der Waals surface area contributed by atoms with Crippen LogP contribution in [0.15, 0.2) is 36.4 Å². The molecule has 166 valence electrons. The lowest BCUT2D eigenvalue weighted by Crippen LogP contribution is -2.47. The van der Waals surface area contributed by atoms with Crippen LogP contribution in [0.3, 0.4) is 0 Å². The van der Waals surface area contributed by atoms with Crippen molar-refractivity contribution in [3.63, 3.8) is 0 Å². The van der Waals surface area contributed by atoms with Crippen LogP contribution in [0, 0.1) is 5.82 Å². The van der Waals surface area contributed by atoms with Gasteiger partial charge in [-0.2, -0.15) is 0 Å². The van der Waals surface area contributed by atoms with Crippen molar-refractivity contribution in [2.24, 2.45) is 0 Å². The van der Waals surface area contributed by atoms with Crippen LogP contribution in [0.4, 0.5) is 13.2 Å². The lowest BCUT2D eigenvalue weighted by molar-refractivity contribution is 0.00151. The number of benzene rings is 2. The number of carbonyl (C=O) groups is 1. The normalized spacial score (nSPS) is 22.9. The molecule has 2 aromatic carbocycles. The Bertz CT molecular complexity index is 971. The SMILES string of the molecule is COc1cc2c(cc1OC)C(=O)C(F)(CC1(F)CCN(Cc3ccc(F)cc3)CC1)C2. The lowest BCUT2D eigenvalue weighted by Gasteiger charge is -2.38. The first-order valence-corrected chi connectivity index (χ1v) is 10.4. The van der Waals surface area contributed by atoms with Crippen molar-refractivity contribution in [1.82, 2.24) is 4.90 Å². The summed E-state index contributed by atoms with van der Waals surface area (Å²) in [6.45, 7) is 1.49. The van der Waals surface area contributed by atoms with Crippen molar-refractivity contribution < 1.29 is 27.4 Å². The van der Waals surface area contributed by atoms with Crippen LogP contribution < -0.4 is 9.47 Å².